The topological polar surface area (TPSA) is 50.3 Å². The minimum Gasteiger partial charge on any atom is -0.373 e. The smallest absolute Gasteiger partial charge is 0.137 e. The molecule has 5 heteroatoms. The van der Waals surface area contributed by atoms with Gasteiger partial charge in [-0.25, -0.2) is 9.97 Å². The zero-order valence-electron chi connectivity index (χ0n) is 15.9. The second kappa shape index (κ2) is 8.03. The number of hydrogen-bond acceptors (Lipinski definition) is 5. The molecular formula is C22H26N4O. The molecule has 1 fully saturated rings. The Morgan fingerprint density at radius 2 is 2.04 bits per heavy atom. The molecule has 1 N–H and O–H groups in total. The SMILES string of the molecule is Cc1ccc2ncnc(NC(C)C3CN(Cc4ccccc4)CCO3)c2c1. The second-order valence-corrected chi connectivity index (χ2v) is 7.31. The van der Waals surface area contributed by atoms with Gasteiger partial charge >= 0.3 is 0 Å². The van der Waals surface area contributed by atoms with Crippen LogP contribution in [0.15, 0.2) is 54.9 Å². The Balaban J connectivity index is 1.45. The molecule has 0 bridgehead atoms. The molecule has 1 saturated heterocycles. The lowest BCUT2D eigenvalue weighted by Crippen LogP contribution is -2.48. The van der Waals surface area contributed by atoms with E-state index in [1.165, 1.54) is 11.1 Å². The first-order valence-corrected chi connectivity index (χ1v) is 9.55. The largest absolute Gasteiger partial charge is 0.373 e. The number of rotatable bonds is 5. The van der Waals surface area contributed by atoms with Gasteiger partial charge in [0.25, 0.3) is 0 Å². The molecule has 1 aromatic heterocycles. The van der Waals surface area contributed by atoms with Crippen molar-refractivity contribution in [3.8, 4) is 0 Å². The molecular weight excluding hydrogens is 336 g/mol. The van der Waals surface area contributed by atoms with Crippen molar-refractivity contribution in [1.29, 1.82) is 0 Å². The van der Waals surface area contributed by atoms with Gasteiger partial charge in [-0.1, -0.05) is 42.0 Å². The second-order valence-electron chi connectivity index (χ2n) is 7.31. The average molecular weight is 362 g/mol. The Bertz CT molecular complexity index is 899. The van der Waals surface area contributed by atoms with E-state index >= 15 is 0 Å². The molecule has 2 heterocycles. The highest BCUT2D eigenvalue weighted by atomic mass is 16.5. The fourth-order valence-electron chi connectivity index (χ4n) is 3.61. The first-order chi connectivity index (χ1) is 13.2. The van der Waals surface area contributed by atoms with E-state index in [0.29, 0.717) is 0 Å². The summed E-state index contributed by atoms with van der Waals surface area (Å²) in [6, 6.07) is 17.0. The summed E-state index contributed by atoms with van der Waals surface area (Å²) in [5.74, 6) is 0.875. The van der Waals surface area contributed by atoms with Crippen molar-refractivity contribution >= 4 is 16.7 Å². The lowest BCUT2D eigenvalue weighted by Gasteiger charge is -2.36. The average Bonchev–Trinajstić information content (AvgIpc) is 2.69. The van der Waals surface area contributed by atoms with Gasteiger partial charge < -0.3 is 10.1 Å². The third-order valence-electron chi connectivity index (χ3n) is 5.14. The van der Waals surface area contributed by atoms with Crippen LogP contribution in [-0.2, 0) is 11.3 Å². The number of fused-ring (bicyclic) bond motifs is 1. The predicted molar refractivity (Wildman–Crippen MR) is 109 cm³/mol. The Hall–Kier alpha value is -2.50. The summed E-state index contributed by atoms with van der Waals surface area (Å²) in [5.41, 5.74) is 3.51. The van der Waals surface area contributed by atoms with Gasteiger partial charge in [-0.3, -0.25) is 4.90 Å². The number of benzene rings is 2. The molecule has 1 aliphatic heterocycles. The van der Waals surface area contributed by atoms with Crippen molar-refractivity contribution in [1.82, 2.24) is 14.9 Å². The molecule has 0 amide bonds. The molecule has 27 heavy (non-hydrogen) atoms. The highest BCUT2D eigenvalue weighted by Crippen LogP contribution is 2.22. The number of aromatic nitrogens is 2. The molecule has 0 aliphatic carbocycles. The number of anilines is 1. The lowest BCUT2D eigenvalue weighted by atomic mass is 10.1. The van der Waals surface area contributed by atoms with Gasteiger partial charge in [0.15, 0.2) is 0 Å². The molecule has 2 unspecified atom stereocenters. The van der Waals surface area contributed by atoms with E-state index in [1.807, 2.05) is 6.07 Å². The third kappa shape index (κ3) is 4.26. The molecule has 2 atom stereocenters. The Morgan fingerprint density at radius 1 is 1.19 bits per heavy atom. The number of nitrogens with zero attached hydrogens (tertiary/aromatic N) is 3. The molecule has 3 aromatic rings. The van der Waals surface area contributed by atoms with E-state index in [2.05, 4.69) is 76.5 Å². The number of morpholine rings is 1. The first-order valence-electron chi connectivity index (χ1n) is 9.55. The summed E-state index contributed by atoms with van der Waals surface area (Å²) in [6.45, 7) is 7.85. The number of aryl methyl sites for hydroxylation is 1. The van der Waals surface area contributed by atoms with Crippen LogP contribution >= 0.6 is 0 Å². The van der Waals surface area contributed by atoms with Crippen molar-refractivity contribution in [2.24, 2.45) is 0 Å². The highest BCUT2D eigenvalue weighted by Gasteiger charge is 2.26. The van der Waals surface area contributed by atoms with Crippen LogP contribution in [0.5, 0.6) is 0 Å². The highest BCUT2D eigenvalue weighted by molar-refractivity contribution is 5.89. The standard InChI is InChI=1S/C22H26N4O/c1-16-8-9-20-19(12-16)22(24-15-23-20)25-17(2)21-14-26(10-11-27-21)13-18-6-4-3-5-7-18/h3-9,12,15,17,21H,10-11,13-14H2,1-2H3,(H,23,24,25). The van der Waals surface area contributed by atoms with Crippen molar-refractivity contribution in [3.63, 3.8) is 0 Å². The molecule has 0 spiro atoms. The minimum atomic E-state index is 0.122. The monoisotopic (exact) mass is 362 g/mol. The Kier molecular flexibility index (Phi) is 5.32. The normalized spacial score (nSPS) is 19.1. The van der Waals surface area contributed by atoms with E-state index in [9.17, 15) is 0 Å². The molecule has 140 valence electrons. The number of ether oxygens (including phenoxy) is 1. The predicted octanol–water partition coefficient (Wildman–Crippen LogP) is 3.64. The van der Waals surface area contributed by atoms with Gasteiger partial charge in [-0.15, -0.1) is 0 Å². The van der Waals surface area contributed by atoms with E-state index in [0.717, 1.165) is 43.0 Å². The van der Waals surface area contributed by atoms with Crippen molar-refractivity contribution in [2.75, 3.05) is 25.0 Å². The van der Waals surface area contributed by atoms with E-state index in [-0.39, 0.29) is 12.1 Å². The minimum absolute atomic E-state index is 0.122. The van der Waals surface area contributed by atoms with Gasteiger partial charge in [0, 0.05) is 25.0 Å². The van der Waals surface area contributed by atoms with Gasteiger partial charge in [-0.2, -0.15) is 0 Å². The lowest BCUT2D eigenvalue weighted by molar-refractivity contribution is -0.0373. The summed E-state index contributed by atoms with van der Waals surface area (Å²) in [4.78, 5) is 11.3. The van der Waals surface area contributed by atoms with Crippen LogP contribution in [0.1, 0.15) is 18.1 Å². The van der Waals surface area contributed by atoms with Gasteiger partial charge in [0.2, 0.25) is 0 Å². The summed E-state index contributed by atoms with van der Waals surface area (Å²) in [7, 11) is 0. The summed E-state index contributed by atoms with van der Waals surface area (Å²) in [5, 5.41) is 4.62. The summed E-state index contributed by atoms with van der Waals surface area (Å²) >= 11 is 0. The maximum Gasteiger partial charge on any atom is 0.137 e. The maximum atomic E-state index is 6.07. The van der Waals surface area contributed by atoms with Gasteiger partial charge in [0.1, 0.15) is 12.1 Å². The Morgan fingerprint density at radius 3 is 2.89 bits per heavy atom. The molecule has 1 aliphatic rings. The van der Waals surface area contributed by atoms with Crippen LogP contribution in [0.25, 0.3) is 10.9 Å². The fourth-order valence-corrected chi connectivity index (χ4v) is 3.61. The van der Waals surface area contributed by atoms with Crippen molar-refractivity contribution in [3.05, 3.63) is 66.0 Å². The van der Waals surface area contributed by atoms with Crippen LogP contribution in [0.2, 0.25) is 0 Å². The molecule has 5 nitrogen and oxygen atoms in total. The third-order valence-corrected chi connectivity index (χ3v) is 5.14. The van der Waals surface area contributed by atoms with Gasteiger partial charge in [-0.05, 0) is 31.5 Å². The zero-order valence-corrected chi connectivity index (χ0v) is 15.9. The van der Waals surface area contributed by atoms with Crippen LogP contribution < -0.4 is 5.32 Å². The zero-order chi connectivity index (χ0) is 18.6. The van der Waals surface area contributed by atoms with Crippen LogP contribution in [0.4, 0.5) is 5.82 Å². The summed E-state index contributed by atoms with van der Waals surface area (Å²) in [6.07, 6.45) is 1.74. The van der Waals surface area contributed by atoms with Gasteiger partial charge in [0.05, 0.1) is 24.3 Å². The molecule has 0 saturated carbocycles. The fraction of sp³-hybridized carbons (Fsp3) is 0.364. The first kappa shape index (κ1) is 17.9. The number of nitrogens with one attached hydrogen (secondary N) is 1. The van der Waals surface area contributed by atoms with Crippen molar-refractivity contribution in [2.45, 2.75) is 32.5 Å². The number of hydrogen-bond donors (Lipinski definition) is 1. The summed E-state index contributed by atoms with van der Waals surface area (Å²) < 4.78 is 6.07. The molecule has 2 aromatic carbocycles. The van der Waals surface area contributed by atoms with Crippen LogP contribution in [0, 0.1) is 6.92 Å². The van der Waals surface area contributed by atoms with Crippen LogP contribution in [-0.4, -0.2) is 46.7 Å². The quantitative estimate of drug-likeness (QED) is 0.751. The van der Waals surface area contributed by atoms with Crippen LogP contribution in [0.3, 0.4) is 0 Å². The van der Waals surface area contributed by atoms with E-state index in [1.54, 1.807) is 6.33 Å². The Labute approximate surface area is 160 Å². The molecule has 4 rings (SSSR count). The van der Waals surface area contributed by atoms with E-state index < -0.39 is 0 Å². The maximum absolute atomic E-state index is 6.07. The van der Waals surface area contributed by atoms with E-state index in [4.69, 9.17) is 4.74 Å². The van der Waals surface area contributed by atoms with Crippen molar-refractivity contribution < 1.29 is 4.74 Å². The molecule has 0 radical (unpaired) electrons.